The van der Waals surface area contributed by atoms with E-state index in [1.54, 1.807) is 116 Å². The van der Waals surface area contributed by atoms with Crippen molar-refractivity contribution in [3.8, 4) is 0 Å². The maximum absolute atomic E-state index is 3.64. The monoisotopic (exact) mass is 959 g/mol. The predicted molar refractivity (Wildman–Crippen MR) is 294 cm³/mol. The molecule has 15 rings (SSSR count). The van der Waals surface area contributed by atoms with Crippen LogP contribution in [0.5, 0.6) is 0 Å². The molecule has 0 amide bonds. The number of fused-ring (bicyclic) bond motifs is 2. The molecule has 15 aliphatic rings. The molecule has 0 radical (unpaired) electrons. The summed E-state index contributed by atoms with van der Waals surface area (Å²) in [6.45, 7) is 20.8. The van der Waals surface area contributed by atoms with Crippen LogP contribution < -0.4 is 0 Å². The molecule has 15 aliphatic carbocycles. The minimum atomic E-state index is 0.459. The molecule has 0 spiro atoms. The summed E-state index contributed by atoms with van der Waals surface area (Å²) in [6.07, 6.45) is 53.6. The maximum atomic E-state index is 3.64. The second-order valence-corrected chi connectivity index (χ2v) is 33.7. The molecule has 2 nitrogen and oxygen atoms in total. The SMILES string of the molecule is CC1CCC(N(C2CCC(C(C)(C)C)CC2)C2C3CCC(C45CC6CC(CC(C6)C4)C5)CC3C(N(C3CCC(C)CC3)C3CCC(C(C)(C)C)CC3)C3CCC(C45CC6CC(CC(C6)C4)C5)CC32)CC1. The van der Waals surface area contributed by atoms with Gasteiger partial charge in [-0.1, -0.05) is 55.4 Å². The Morgan fingerprint density at radius 1 is 0.300 bits per heavy atom. The van der Waals surface area contributed by atoms with Gasteiger partial charge < -0.3 is 0 Å². The van der Waals surface area contributed by atoms with E-state index in [4.69, 9.17) is 0 Å². The van der Waals surface area contributed by atoms with Crippen LogP contribution in [0.4, 0.5) is 0 Å². The van der Waals surface area contributed by atoms with Gasteiger partial charge in [-0.15, -0.1) is 0 Å². The Balaban J connectivity index is 0.928. The van der Waals surface area contributed by atoms with Gasteiger partial charge in [0.25, 0.3) is 0 Å². The molecule has 8 atom stereocenters. The molecule has 8 bridgehead atoms. The van der Waals surface area contributed by atoms with E-state index < -0.39 is 0 Å². The molecule has 15 saturated carbocycles. The van der Waals surface area contributed by atoms with Crippen molar-refractivity contribution in [3.63, 3.8) is 0 Å². The van der Waals surface area contributed by atoms with Crippen LogP contribution in [0, 0.1) is 116 Å². The second-order valence-electron chi connectivity index (χ2n) is 33.7. The summed E-state index contributed by atoms with van der Waals surface area (Å²) < 4.78 is 0. The van der Waals surface area contributed by atoms with Crippen molar-refractivity contribution in [2.45, 2.75) is 310 Å². The molecular formula is C68H114N2. The Morgan fingerprint density at radius 2 is 0.571 bits per heavy atom. The molecule has 8 unspecified atom stereocenters. The summed E-state index contributed by atoms with van der Waals surface area (Å²) in [7, 11) is 0. The number of hydrogen-bond acceptors (Lipinski definition) is 2. The van der Waals surface area contributed by atoms with Gasteiger partial charge in [0.05, 0.1) is 0 Å². The lowest BCUT2D eigenvalue weighted by molar-refractivity contribution is -0.186. The first-order valence-corrected chi connectivity index (χ1v) is 33.1. The molecule has 0 aromatic carbocycles. The fourth-order valence-electron chi connectivity index (χ4n) is 25.2. The largest absolute Gasteiger partial charge is 0.294 e. The van der Waals surface area contributed by atoms with Crippen LogP contribution >= 0.6 is 0 Å². The third kappa shape index (κ3) is 8.99. The number of hydrogen-bond donors (Lipinski definition) is 0. The zero-order chi connectivity index (χ0) is 47.9. The van der Waals surface area contributed by atoms with Crippen LogP contribution in [0.3, 0.4) is 0 Å². The third-order valence-corrected chi connectivity index (χ3v) is 27.8. The molecule has 0 aromatic heterocycles. The lowest BCUT2D eigenvalue weighted by Gasteiger charge is -2.68. The molecule has 396 valence electrons. The van der Waals surface area contributed by atoms with Crippen molar-refractivity contribution in [3.05, 3.63) is 0 Å². The van der Waals surface area contributed by atoms with E-state index in [0.717, 1.165) is 131 Å². The summed E-state index contributed by atoms with van der Waals surface area (Å²) in [6, 6.07) is 5.17. The predicted octanol–water partition coefficient (Wildman–Crippen LogP) is 18.2. The molecular weight excluding hydrogens is 845 g/mol. The van der Waals surface area contributed by atoms with Crippen molar-refractivity contribution < 1.29 is 0 Å². The van der Waals surface area contributed by atoms with E-state index in [9.17, 15) is 0 Å². The highest BCUT2D eigenvalue weighted by atomic mass is 15.3. The van der Waals surface area contributed by atoms with Gasteiger partial charge in [0.2, 0.25) is 0 Å². The van der Waals surface area contributed by atoms with Crippen LogP contribution in [0.15, 0.2) is 0 Å². The van der Waals surface area contributed by atoms with E-state index in [1.165, 1.54) is 103 Å². The van der Waals surface area contributed by atoms with Crippen LogP contribution in [0.25, 0.3) is 0 Å². The van der Waals surface area contributed by atoms with Gasteiger partial charge in [-0.25, -0.2) is 0 Å². The maximum Gasteiger partial charge on any atom is 0.0164 e. The Kier molecular flexibility index (Phi) is 13.3. The first-order valence-electron chi connectivity index (χ1n) is 33.1. The van der Waals surface area contributed by atoms with Crippen LogP contribution in [0.1, 0.15) is 274 Å². The summed E-state index contributed by atoms with van der Waals surface area (Å²) in [4.78, 5) is 7.29. The topological polar surface area (TPSA) is 6.48 Å². The highest BCUT2D eigenvalue weighted by molar-refractivity contribution is 5.16. The first-order chi connectivity index (χ1) is 33.6. The quantitative estimate of drug-likeness (QED) is 0.239. The number of rotatable bonds is 8. The van der Waals surface area contributed by atoms with Crippen LogP contribution in [0.2, 0.25) is 0 Å². The molecule has 2 heteroatoms. The van der Waals surface area contributed by atoms with Crippen LogP contribution in [-0.2, 0) is 0 Å². The standard InChI is InChI=1S/C68H114N2/c1-43-9-19-55(20-10-43)69(57-23-13-51(14-24-57)65(3,4)5)63-59-27-17-54(68-40-48-32-49(41-68)34-50(33-48)42-68)36-62(59)64(70(56-21-11-44(2)12-22-56)58-25-15-52(16-26-58)66(6,7)8)60-28-18-53(35-61(60)63)67-37-45-29-46(38-67)31-47(30-45)39-67/h43-64H,9-42H2,1-8H3. The van der Waals surface area contributed by atoms with Crippen LogP contribution in [-0.4, -0.2) is 46.1 Å². The molecule has 0 N–H and O–H groups in total. The molecule has 15 fully saturated rings. The van der Waals surface area contributed by atoms with E-state index in [1.807, 2.05) is 0 Å². The van der Waals surface area contributed by atoms with Gasteiger partial charge >= 0.3 is 0 Å². The van der Waals surface area contributed by atoms with Crippen molar-refractivity contribution in [1.29, 1.82) is 0 Å². The fraction of sp³-hybridized carbons (Fsp3) is 1.00. The smallest absolute Gasteiger partial charge is 0.0164 e. The Morgan fingerprint density at radius 3 is 0.843 bits per heavy atom. The summed E-state index contributed by atoms with van der Waals surface area (Å²) in [5.74, 6) is 16.1. The van der Waals surface area contributed by atoms with Gasteiger partial charge in [0.15, 0.2) is 0 Å². The molecule has 0 aliphatic heterocycles. The summed E-state index contributed by atoms with van der Waals surface area (Å²) in [5.41, 5.74) is 2.35. The van der Waals surface area contributed by atoms with Gasteiger partial charge in [-0.05, 0) is 335 Å². The van der Waals surface area contributed by atoms with Crippen molar-refractivity contribution in [2.24, 2.45) is 116 Å². The van der Waals surface area contributed by atoms with Gasteiger partial charge in [-0.2, -0.15) is 0 Å². The van der Waals surface area contributed by atoms with E-state index >= 15 is 0 Å². The highest BCUT2D eigenvalue weighted by Gasteiger charge is 2.64. The zero-order valence-electron chi connectivity index (χ0n) is 47.6. The van der Waals surface area contributed by atoms with Crippen molar-refractivity contribution in [1.82, 2.24) is 9.80 Å². The Bertz CT molecular complexity index is 1580. The molecule has 0 saturated heterocycles. The minimum Gasteiger partial charge on any atom is -0.294 e. The normalized spacial score (nSPS) is 53.6. The minimum absolute atomic E-state index is 0.459. The lowest BCUT2D eigenvalue weighted by atomic mass is 9.41. The second kappa shape index (κ2) is 18.8. The van der Waals surface area contributed by atoms with Gasteiger partial charge in [0, 0.05) is 36.3 Å². The average molecular weight is 960 g/mol. The molecule has 70 heavy (non-hydrogen) atoms. The first kappa shape index (κ1) is 49.5. The third-order valence-electron chi connectivity index (χ3n) is 27.8. The lowest BCUT2D eigenvalue weighted by Crippen LogP contribution is -2.70. The Hall–Kier alpha value is -0.0800. The molecule has 0 heterocycles. The van der Waals surface area contributed by atoms with E-state index in [0.29, 0.717) is 21.7 Å². The van der Waals surface area contributed by atoms with E-state index in [-0.39, 0.29) is 0 Å². The Labute approximate surface area is 434 Å². The van der Waals surface area contributed by atoms with Crippen molar-refractivity contribution in [2.75, 3.05) is 0 Å². The van der Waals surface area contributed by atoms with Gasteiger partial charge in [-0.3, -0.25) is 9.80 Å². The highest BCUT2D eigenvalue weighted by Crippen LogP contribution is 2.70. The fourth-order valence-corrected chi connectivity index (χ4v) is 25.2. The van der Waals surface area contributed by atoms with E-state index in [2.05, 4.69) is 65.2 Å². The number of nitrogens with zero attached hydrogens (tertiary/aromatic N) is 2. The van der Waals surface area contributed by atoms with Crippen molar-refractivity contribution >= 4 is 0 Å². The van der Waals surface area contributed by atoms with Gasteiger partial charge in [0.1, 0.15) is 0 Å². The summed E-state index contributed by atoms with van der Waals surface area (Å²) in [5, 5.41) is 0. The average Bonchev–Trinajstić information content (AvgIpc) is 3.32. The zero-order valence-corrected chi connectivity index (χ0v) is 47.6. The molecule has 0 aromatic rings. The summed E-state index contributed by atoms with van der Waals surface area (Å²) >= 11 is 0.